The monoisotopic (exact) mass is 326 g/mol. The summed E-state index contributed by atoms with van der Waals surface area (Å²) in [6.45, 7) is -3.48. The Labute approximate surface area is 150 Å². The molecule has 0 amide bonds. The minimum Gasteiger partial charge on any atom is -0.493 e. The molecule has 1 aromatic carbocycles. The van der Waals surface area contributed by atoms with Crippen LogP contribution in [0.15, 0.2) is 12.1 Å². The van der Waals surface area contributed by atoms with Gasteiger partial charge in [-0.3, -0.25) is 4.79 Å². The van der Waals surface area contributed by atoms with Crippen LogP contribution in [0.2, 0.25) is 0 Å². The maximum atomic E-state index is 13.3. The number of rotatable bonds is 2. The Morgan fingerprint density at radius 1 is 1.65 bits per heavy atom. The van der Waals surface area contributed by atoms with Gasteiger partial charge in [0, 0.05) is 27.5 Å². The van der Waals surface area contributed by atoms with E-state index in [2.05, 4.69) is 0 Å². The lowest BCUT2D eigenvalue weighted by Gasteiger charge is -2.62. The maximum Gasteiger partial charge on any atom is 0.211 e. The average molecular weight is 326 g/mol. The van der Waals surface area contributed by atoms with Crippen molar-refractivity contribution < 1.29 is 33.1 Å². The fourth-order valence-corrected chi connectivity index (χ4v) is 4.40. The molecule has 1 unspecified atom stereocenters. The van der Waals surface area contributed by atoms with Gasteiger partial charge in [-0.2, -0.15) is 0 Å². The molecule has 2 aliphatic carbocycles. The molecule has 0 aromatic heterocycles. The maximum absolute atomic E-state index is 13.3. The molecule has 0 radical (unpaired) electrons. The molecule has 23 heavy (non-hydrogen) atoms. The van der Waals surface area contributed by atoms with Gasteiger partial charge in [0.15, 0.2) is 23.4 Å². The van der Waals surface area contributed by atoms with Gasteiger partial charge in [0.25, 0.3) is 0 Å². The number of hydrogen-bond donors (Lipinski definition) is 1. The zero-order valence-corrected chi connectivity index (χ0v) is 12.3. The second-order valence-corrected chi connectivity index (χ2v) is 6.25. The molecule has 2 aliphatic heterocycles. The molecule has 5 heteroatoms. The van der Waals surface area contributed by atoms with E-state index >= 15 is 0 Å². The van der Waals surface area contributed by atoms with E-state index in [0.29, 0.717) is 4.90 Å². The Morgan fingerprint density at radius 2 is 2.57 bits per heavy atom. The van der Waals surface area contributed by atoms with E-state index in [1.54, 1.807) is 0 Å². The van der Waals surface area contributed by atoms with Crippen LogP contribution >= 0.6 is 0 Å². The molecule has 2 heterocycles. The van der Waals surface area contributed by atoms with Gasteiger partial charge in [0.2, 0.25) is 1.43 Å². The van der Waals surface area contributed by atoms with Crippen molar-refractivity contribution in [2.24, 2.45) is 0 Å². The predicted octanol–water partition coefficient (Wildman–Crippen LogP) is 1.05. The summed E-state index contributed by atoms with van der Waals surface area (Å²) >= 11 is 0. The topological polar surface area (TPSA) is 59.0 Å². The van der Waals surface area contributed by atoms with Gasteiger partial charge in [-0.1, -0.05) is 6.04 Å². The molecule has 2 bridgehead atoms. The Bertz CT molecular complexity index is 1140. The smallest absolute Gasteiger partial charge is 0.211 e. The van der Waals surface area contributed by atoms with Crippen LogP contribution in [0.25, 0.3) is 0 Å². The lowest BCUT2D eigenvalue weighted by atomic mass is 9.49. The largest absolute Gasteiger partial charge is 0.493 e. The number of likely N-dealkylation sites (N-methyl/N-ethyl adjacent to an activating group) is 1. The van der Waals surface area contributed by atoms with Crippen molar-refractivity contribution in [3.8, 4) is 11.5 Å². The van der Waals surface area contributed by atoms with Gasteiger partial charge in [-0.25, -0.2) is 0 Å². The van der Waals surface area contributed by atoms with Gasteiger partial charge in [0.05, 0.1) is 22.2 Å². The molecule has 5 rings (SSSR count). The first-order valence-corrected chi connectivity index (χ1v) is 7.36. The molecular weight excluding hydrogens is 294 g/mol. The summed E-state index contributed by atoms with van der Waals surface area (Å²) in [4.78, 5) is 13.9. The molecule has 2 fully saturated rings. The van der Waals surface area contributed by atoms with E-state index in [1.165, 1.54) is 7.11 Å². The van der Waals surface area contributed by atoms with Crippen molar-refractivity contribution in [1.82, 2.24) is 4.90 Å². The molecule has 5 nitrogen and oxygen atoms in total. The highest BCUT2D eigenvalue weighted by Crippen LogP contribution is 2.64. The number of likely N-dealkylation sites (tertiary alicyclic amines) is 1. The van der Waals surface area contributed by atoms with E-state index < -0.39 is 79.3 Å². The van der Waals surface area contributed by atoms with Crippen LogP contribution in [0.1, 0.15) is 44.0 Å². The third-order valence-electron chi connectivity index (χ3n) is 5.41. The number of carbonyl (C=O) groups excluding carboxylic acids is 1. The van der Waals surface area contributed by atoms with Crippen molar-refractivity contribution in [3.05, 3.63) is 23.2 Å². The highest BCUT2D eigenvalue weighted by Gasteiger charge is 2.72. The Kier molecular flexibility index (Phi) is 1.19. The lowest BCUT2D eigenvalue weighted by Crippen LogP contribution is -2.76. The van der Waals surface area contributed by atoms with Gasteiger partial charge in [-0.05, 0) is 44.3 Å². The quantitative estimate of drug-likeness (QED) is 0.880. The zero-order valence-electron chi connectivity index (χ0n) is 23.3. The average Bonchev–Trinajstić information content (AvgIpc) is 3.04. The van der Waals surface area contributed by atoms with Gasteiger partial charge in [-0.15, -0.1) is 0 Å². The lowest BCUT2D eigenvalue weighted by molar-refractivity contribution is -0.185. The molecule has 4 atom stereocenters. The number of benzene rings is 1. The molecule has 1 N–H and O–H groups in total. The van der Waals surface area contributed by atoms with Gasteiger partial charge < -0.3 is 19.5 Å². The number of ketones is 1. The Balaban J connectivity index is 2.04. The molecule has 1 spiro atoms. The van der Waals surface area contributed by atoms with E-state index in [1.807, 2.05) is 0 Å². The van der Waals surface area contributed by atoms with Crippen molar-refractivity contribution in [1.29, 1.82) is 1.43 Å². The van der Waals surface area contributed by atoms with Crippen LogP contribution in [0, 0.1) is 0 Å². The van der Waals surface area contributed by atoms with Crippen LogP contribution in [0.5, 0.6) is 11.5 Å². The molecule has 1 aromatic rings. The molecule has 122 valence electrons. The summed E-state index contributed by atoms with van der Waals surface area (Å²) in [6, 6.07) is -4.26. The van der Waals surface area contributed by atoms with Crippen LogP contribution in [0.3, 0.4) is 0 Å². The second-order valence-electron chi connectivity index (χ2n) is 6.25. The second kappa shape index (κ2) is 4.08. The third-order valence-corrected chi connectivity index (χ3v) is 5.41. The number of carbonyl (C=O) groups is 1. The summed E-state index contributed by atoms with van der Waals surface area (Å²) < 4.78 is 104. The molecule has 1 saturated heterocycles. The minimum absolute atomic E-state index is 0.0930. The van der Waals surface area contributed by atoms with Crippen molar-refractivity contribution in [2.45, 2.75) is 48.7 Å². The highest BCUT2D eigenvalue weighted by atomic mass is 16.5. The number of piperidine rings is 1. The van der Waals surface area contributed by atoms with Crippen molar-refractivity contribution in [2.75, 3.05) is 20.6 Å². The van der Waals surface area contributed by atoms with Crippen LogP contribution in [-0.4, -0.2) is 55.6 Å². The molecule has 4 aliphatic rings. The van der Waals surface area contributed by atoms with Gasteiger partial charge in [0.1, 0.15) is 0 Å². The van der Waals surface area contributed by atoms with E-state index in [-0.39, 0.29) is 23.5 Å². The van der Waals surface area contributed by atoms with E-state index in [4.69, 9.17) is 28.4 Å². The number of Topliss-reactive ketones (excluding diaryl/α,β-unsaturated/α-hetero) is 1. The highest BCUT2D eigenvalue weighted by molar-refractivity contribution is 5.90. The van der Waals surface area contributed by atoms with Crippen LogP contribution < -0.4 is 9.47 Å². The number of ether oxygens (including phenoxy) is 2. The Morgan fingerprint density at radius 3 is 3.35 bits per heavy atom. The third kappa shape index (κ3) is 1.32. The Hall–Kier alpha value is -1.59. The molecular formula is C18H21NO4. The standard InChI is InChI=1S/C18H21NO4/c1-19-8-7-17-14-10-3-4-12(22-2)15(14)23-16(17)11(20)5-6-18(17,21)13(19)9-10/h3-4,13,16,21H,5-9H2,1-2H3/t13-,16?,17+,18-/m1/s1/i1D3,3D,4D,5D2,9D2,13D,21D. The van der Waals surface area contributed by atoms with E-state index in [0.717, 1.165) is 0 Å². The zero-order chi connectivity index (χ0) is 25.4. The number of aliphatic hydroxyl groups is 1. The van der Waals surface area contributed by atoms with E-state index in [9.17, 15) is 6.17 Å². The van der Waals surface area contributed by atoms with Crippen molar-refractivity contribution in [3.63, 3.8) is 0 Å². The SMILES string of the molecule is [2H]O[C@@]12CC([2H])([2H])C(=O)C3Oc4c(OC)c([2H])c([2H])c5c4[C@@]31CCN(C([2H])([2H])[2H])[C@]2([2H])C5([2H])[2H]. The minimum atomic E-state index is -3.07. The first-order chi connectivity index (χ1) is 15.5. The normalized spacial score (nSPS) is 55.6. The van der Waals surface area contributed by atoms with Crippen LogP contribution in [0.4, 0.5) is 0 Å². The summed E-state index contributed by atoms with van der Waals surface area (Å²) in [5.41, 5.74) is -4.99. The predicted molar refractivity (Wildman–Crippen MR) is 83.0 cm³/mol. The molecule has 1 saturated carbocycles. The number of hydrogen-bond acceptors (Lipinski definition) is 5. The summed E-state index contributed by atoms with van der Waals surface area (Å²) in [6.07, 6.45) is -8.76. The fraction of sp³-hybridized carbons (Fsp3) is 0.611. The summed E-state index contributed by atoms with van der Waals surface area (Å²) in [7, 11) is 1.19. The first kappa shape index (κ1) is 6.73. The van der Waals surface area contributed by atoms with Crippen molar-refractivity contribution >= 4 is 5.78 Å². The first-order valence-electron chi connectivity index (χ1n) is 12.8. The fourth-order valence-electron chi connectivity index (χ4n) is 4.40. The van der Waals surface area contributed by atoms with Crippen LogP contribution in [-0.2, 0) is 16.6 Å². The van der Waals surface area contributed by atoms with Gasteiger partial charge >= 0.3 is 0 Å². The summed E-state index contributed by atoms with van der Waals surface area (Å²) in [5, 5.41) is 5.10. The summed E-state index contributed by atoms with van der Waals surface area (Å²) in [5.74, 6) is -1.55. The number of methoxy groups -OCH3 is 1. The number of nitrogens with zero attached hydrogens (tertiary/aromatic N) is 1.